The molecule has 4 nitrogen and oxygen atoms in total. The molecule has 0 aromatic heterocycles. The highest BCUT2D eigenvalue weighted by Gasteiger charge is 2.43. The highest BCUT2D eigenvalue weighted by molar-refractivity contribution is 6.00. The van der Waals surface area contributed by atoms with Crippen molar-refractivity contribution in [2.24, 2.45) is 0 Å². The molecule has 4 heteroatoms. The highest BCUT2D eigenvalue weighted by atomic mass is 16.5. The van der Waals surface area contributed by atoms with Crippen molar-refractivity contribution in [2.45, 2.75) is 64.9 Å². The minimum Gasteiger partial charge on any atom is -0.486 e. The summed E-state index contributed by atoms with van der Waals surface area (Å²) in [5.41, 5.74) is 4.84. The van der Waals surface area contributed by atoms with Gasteiger partial charge in [-0.3, -0.25) is 9.59 Å². The fourth-order valence-electron chi connectivity index (χ4n) is 4.53. The van der Waals surface area contributed by atoms with Crippen molar-refractivity contribution < 1.29 is 14.3 Å². The maximum Gasteiger partial charge on any atom is 0.246 e. The van der Waals surface area contributed by atoms with Gasteiger partial charge in [-0.25, -0.2) is 0 Å². The Morgan fingerprint density at radius 1 is 1.03 bits per heavy atom. The predicted molar refractivity (Wildman–Crippen MR) is 128 cm³/mol. The molecule has 1 fully saturated rings. The summed E-state index contributed by atoms with van der Waals surface area (Å²) >= 11 is 0. The predicted octanol–water partition coefficient (Wildman–Crippen LogP) is 5.64. The first-order valence-electron chi connectivity index (χ1n) is 11.5. The molecule has 0 bridgehead atoms. The summed E-state index contributed by atoms with van der Waals surface area (Å²) in [5, 5.41) is 0. The molecule has 1 amide bonds. The maximum absolute atomic E-state index is 12.8. The normalized spacial score (nSPS) is 18.0. The van der Waals surface area contributed by atoms with Crippen molar-refractivity contribution in [1.29, 1.82) is 0 Å². The first-order chi connectivity index (χ1) is 15.1. The van der Waals surface area contributed by atoms with Gasteiger partial charge in [0.15, 0.2) is 5.78 Å². The van der Waals surface area contributed by atoms with Gasteiger partial charge in [0.1, 0.15) is 11.4 Å². The van der Waals surface area contributed by atoms with Crippen molar-refractivity contribution in [3.63, 3.8) is 0 Å². The average molecular weight is 432 g/mol. The van der Waals surface area contributed by atoms with Gasteiger partial charge in [-0.1, -0.05) is 45.0 Å². The lowest BCUT2D eigenvalue weighted by atomic mass is 9.82. The third kappa shape index (κ3) is 4.50. The standard InChI is InChI=1S/C28H33NO3/c1-19-16-23-24(30)18-28(32-25(23)17-20(19)2)12-14-29(15-13-28)26(31)11-8-21-6-9-22(10-7-21)27(3,4)5/h6-11,16-17H,12-15,18H2,1-5H3/b11-8+. The van der Waals surface area contributed by atoms with E-state index in [0.717, 1.165) is 16.7 Å². The van der Waals surface area contributed by atoms with Crippen molar-refractivity contribution in [2.75, 3.05) is 13.1 Å². The monoisotopic (exact) mass is 431 g/mol. The molecular weight excluding hydrogens is 398 g/mol. The van der Waals surface area contributed by atoms with Crippen LogP contribution in [0, 0.1) is 13.8 Å². The van der Waals surface area contributed by atoms with E-state index in [1.807, 2.05) is 37.0 Å². The lowest BCUT2D eigenvalue weighted by Crippen LogP contribution is -2.52. The Balaban J connectivity index is 1.39. The van der Waals surface area contributed by atoms with Gasteiger partial charge < -0.3 is 9.64 Å². The molecular formula is C28H33NO3. The number of hydrogen-bond acceptors (Lipinski definition) is 3. The van der Waals surface area contributed by atoms with Crippen molar-refractivity contribution in [3.05, 3.63) is 70.3 Å². The van der Waals surface area contributed by atoms with Crippen LogP contribution in [0.5, 0.6) is 5.75 Å². The first-order valence-corrected chi connectivity index (χ1v) is 11.5. The number of amides is 1. The Labute approximate surface area is 191 Å². The highest BCUT2D eigenvalue weighted by Crippen LogP contribution is 2.40. The number of piperidine rings is 1. The van der Waals surface area contributed by atoms with Crippen LogP contribution >= 0.6 is 0 Å². The van der Waals surface area contributed by atoms with Gasteiger partial charge in [0.05, 0.1) is 12.0 Å². The maximum atomic E-state index is 12.8. The zero-order valence-corrected chi connectivity index (χ0v) is 19.8. The molecule has 168 valence electrons. The molecule has 0 radical (unpaired) electrons. The summed E-state index contributed by atoms with van der Waals surface area (Å²) in [6.07, 6.45) is 5.26. The van der Waals surface area contributed by atoms with Crippen LogP contribution in [0.1, 0.15) is 72.6 Å². The topological polar surface area (TPSA) is 46.6 Å². The van der Waals surface area contributed by atoms with Crippen LogP contribution in [0.25, 0.3) is 6.08 Å². The van der Waals surface area contributed by atoms with Crippen molar-refractivity contribution >= 4 is 17.8 Å². The second-order valence-electron chi connectivity index (χ2n) is 10.3. The number of hydrogen-bond donors (Lipinski definition) is 0. The quantitative estimate of drug-likeness (QED) is 0.578. The van der Waals surface area contributed by atoms with Crippen molar-refractivity contribution in [1.82, 2.24) is 4.90 Å². The molecule has 2 aliphatic rings. The molecule has 2 aliphatic heterocycles. The van der Waals surface area contributed by atoms with Crippen LogP contribution in [-0.4, -0.2) is 35.3 Å². The molecule has 4 rings (SSSR count). The van der Waals surface area contributed by atoms with Crippen LogP contribution in [0.2, 0.25) is 0 Å². The lowest BCUT2D eigenvalue weighted by Gasteiger charge is -2.44. The number of benzene rings is 2. The number of fused-ring (bicyclic) bond motifs is 1. The Hall–Kier alpha value is -2.88. The van der Waals surface area contributed by atoms with E-state index in [-0.39, 0.29) is 17.1 Å². The van der Waals surface area contributed by atoms with Crippen LogP contribution < -0.4 is 4.74 Å². The molecule has 1 spiro atoms. The minimum atomic E-state index is -0.491. The number of likely N-dealkylation sites (tertiary alicyclic amines) is 1. The molecule has 0 atom stereocenters. The first kappa shape index (κ1) is 22.3. The number of ketones is 1. The van der Waals surface area contributed by atoms with E-state index in [4.69, 9.17) is 4.74 Å². The van der Waals surface area contributed by atoms with Crippen LogP contribution in [-0.2, 0) is 10.2 Å². The number of carbonyl (C=O) groups is 2. The second kappa shape index (κ2) is 8.23. The number of carbonyl (C=O) groups excluding carboxylic acids is 2. The van der Waals surface area contributed by atoms with Gasteiger partial charge in [0.25, 0.3) is 0 Å². The fraction of sp³-hybridized carbons (Fsp3) is 0.429. The smallest absolute Gasteiger partial charge is 0.246 e. The number of ether oxygens (including phenoxy) is 1. The average Bonchev–Trinajstić information content (AvgIpc) is 2.74. The van der Waals surface area contributed by atoms with Crippen LogP contribution in [0.3, 0.4) is 0 Å². The molecule has 0 unspecified atom stereocenters. The van der Waals surface area contributed by atoms with Gasteiger partial charge in [0.2, 0.25) is 5.91 Å². The molecule has 2 aromatic carbocycles. The fourth-order valence-corrected chi connectivity index (χ4v) is 4.53. The summed E-state index contributed by atoms with van der Waals surface area (Å²) in [6, 6.07) is 12.3. The Morgan fingerprint density at radius 2 is 1.66 bits per heavy atom. The summed E-state index contributed by atoms with van der Waals surface area (Å²) in [7, 11) is 0. The number of nitrogens with zero attached hydrogens (tertiary/aromatic N) is 1. The van der Waals surface area contributed by atoms with Crippen LogP contribution in [0.15, 0.2) is 42.5 Å². The van der Waals surface area contributed by atoms with Gasteiger partial charge in [-0.05, 0) is 59.7 Å². The van der Waals surface area contributed by atoms with Gasteiger partial charge in [-0.15, -0.1) is 0 Å². The summed E-state index contributed by atoms with van der Waals surface area (Å²) in [4.78, 5) is 27.4. The summed E-state index contributed by atoms with van der Waals surface area (Å²) < 4.78 is 6.39. The van der Waals surface area contributed by atoms with Gasteiger partial charge in [0, 0.05) is 32.0 Å². The zero-order valence-electron chi connectivity index (χ0n) is 19.8. The molecule has 0 N–H and O–H groups in total. The molecule has 32 heavy (non-hydrogen) atoms. The van der Waals surface area contributed by atoms with E-state index < -0.39 is 5.60 Å². The van der Waals surface area contributed by atoms with Gasteiger partial charge >= 0.3 is 0 Å². The molecule has 0 saturated carbocycles. The van der Waals surface area contributed by atoms with E-state index in [9.17, 15) is 9.59 Å². The number of Topliss-reactive ketones (excluding diaryl/α,β-unsaturated/α-hetero) is 1. The molecule has 2 heterocycles. The largest absolute Gasteiger partial charge is 0.486 e. The van der Waals surface area contributed by atoms with Crippen molar-refractivity contribution in [3.8, 4) is 5.75 Å². The van der Waals surface area contributed by atoms with E-state index in [1.165, 1.54) is 5.56 Å². The van der Waals surface area contributed by atoms with E-state index in [1.54, 1.807) is 6.08 Å². The van der Waals surface area contributed by atoms with E-state index >= 15 is 0 Å². The minimum absolute atomic E-state index is 0.00810. The molecule has 0 aliphatic carbocycles. The Kier molecular flexibility index (Phi) is 5.74. The number of aryl methyl sites for hydroxylation is 2. The van der Waals surface area contributed by atoms with E-state index in [2.05, 4.69) is 45.0 Å². The van der Waals surface area contributed by atoms with Crippen LogP contribution in [0.4, 0.5) is 0 Å². The molecule has 1 saturated heterocycles. The Morgan fingerprint density at radius 3 is 2.28 bits per heavy atom. The lowest BCUT2D eigenvalue weighted by molar-refractivity contribution is -0.129. The van der Waals surface area contributed by atoms with Gasteiger partial charge in [-0.2, -0.15) is 0 Å². The SMILES string of the molecule is Cc1cc2c(cc1C)C(=O)CC1(CCN(C(=O)/C=C/c3ccc(C(C)(C)C)cc3)CC1)O2. The Bertz CT molecular complexity index is 1070. The summed E-state index contributed by atoms with van der Waals surface area (Å²) in [5.74, 6) is 0.851. The van der Waals surface area contributed by atoms with E-state index in [0.29, 0.717) is 43.7 Å². The number of rotatable bonds is 2. The third-order valence-electron chi connectivity index (χ3n) is 6.89. The summed E-state index contributed by atoms with van der Waals surface area (Å²) in [6.45, 7) is 11.8. The zero-order chi connectivity index (χ0) is 23.1. The molecule has 2 aromatic rings. The third-order valence-corrected chi connectivity index (χ3v) is 6.89. The second-order valence-corrected chi connectivity index (χ2v) is 10.3.